The smallest absolute Gasteiger partial charge is 0.293 e. The Balaban J connectivity index is 1.02. The van der Waals surface area contributed by atoms with E-state index in [0.717, 1.165) is 35.7 Å². The summed E-state index contributed by atoms with van der Waals surface area (Å²) in [5.74, 6) is 0.603. The van der Waals surface area contributed by atoms with Crippen LogP contribution in [0.3, 0.4) is 0 Å². The van der Waals surface area contributed by atoms with E-state index in [1.807, 2.05) is 43.4 Å². The maximum Gasteiger partial charge on any atom is 0.293 e. The minimum absolute atomic E-state index is 0.0678. The molecule has 0 saturated carbocycles. The lowest BCUT2D eigenvalue weighted by molar-refractivity contribution is -0.134. The van der Waals surface area contributed by atoms with Crippen molar-refractivity contribution in [3.8, 4) is 11.5 Å². The molecule has 2 saturated heterocycles. The molecule has 2 unspecified atom stereocenters. The molecule has 0 radical (unpaired) electrons. The number of carbonyl (C=O) groups is 3. The van der Waals surface area contributed by atoms with Gasteiger partial charge in [-0.25, -0.2) is 4.98 Å². The molecule has 52 heavy (non-hydrogen) atoms. The van der Waals surface area contributed by atoms with Gasteiger partial charge in [0.2, 0.25) is 17.8 Å². The summed E-state index contributed by atoms with van der Waals surface area (Å²) >= 11 is 6.55. The molecule has 2 aromatic carbocycles. The molecular formula is C36H38ClN9O6. The van der Waals surface area contributed by atoms with Crippen molar-refractivity contribution >= 4 is 68.6 Å². The SMILES string of the molecule is CNC(=O)COc1cc2cc(Nc3nc(N4CCCC(COc5ccc6c(C7CCC(=O)NC7=O)nn(C)c6c5)C4)ncc3Cl)ccc2n(C)c1=O. The van der Waals surface area contributed by atoms with Gasteiger partial charge in [-0.3, -0.25) is 29.2 Å². The van der Waals surface area contributed by atoms with Crippen LogP contribution >= 0.6 is 11.6 Å². The van der Waals surface area contributed by atoms with E-state index in [1.54, 1.807) is 24.0 Å². The van der Waals surface area contributed by atoms with Gasteiger partial charge in [0.15, 0.2) is 18.2 Å². The van der Waals surface area contributed by atoms with Crippen molar-refractivity contribution in [2.24, 2.45) is 20.0 Å². The fraction of sp³-hybridized carbons (Fsp3) is 0.361. The Morgan fingerprint density at radius 3 is 2.71 bits per heavy atom. The third-order valence-electron chi connectivity index (χ3n) is 9.53. The maximum absolute atomic E-state index is 12.8. The van der Waals surface area contributed by atoms with Gasteiger partial charge in [-0.2, -0.15) is 10.1 Å². The molecule has 0 bridgehead atoms. The van der Waals surface area contributed by atoms with Crippen molar-refractivity contribution in [2.45, 2.75) is 31.6 Å². The van der Waals surface area contributed by atoms with Gasteiger partial charge in [0.25, 0.3) is 11.5 Å². The molecule has 0 spiro atoms. The van der Waals surface area contributed by atoms with Crippen molar-refractivity contribution in [1.82, 2.24) is 34.9 Å². The number of anilines is 3. The second-order valence-electron chi connectivity index (χ2n) is 13.1. The highest BCUT2D eigenvalue weighted by Gasteiger charge is 2.32. The molecule has 15 nitrogen and oxygen atoms in total. The van der Waals surface area contributed by atoms with E-state index in [1.165, 1.54) is 11.6 Å². The summed E-state index contributed by atoms with van der Waals surface area (Å²) in [7, 11) is 4.98. The normalized spacial score (nSPS) is 17.7. The van der Waals surface area contributed by atoms with Crippen LogP contribution in [-0.4, -0.2) is 75.4 Å². The number of aryl methyl sites for hydroxylation is 2. The summed E-state index contributed by atoms with van der Waals surface area (Å²) in [4.78, 5) is 60.1. The van der Waals surface area contributed by atoms with Crippen molar-refractivity contribution in [2.75, 3.05) is 43.6 Å². The number of hydrogen-bond donors (Lipinski definition) is 3. The molecule has 3 aromatic heterocycles. The van der Waals surface area contributed by atoms with E-state index < -0.39 is 5.92 Å². The van der Waals surface area contributed by atoms with Crippen molar-refractivity contribution in [1.29, 1.82) is 0 Å². The summed E-state index contributed by atoms with van der Waals surface area (Å²) in [5.41, 5.74) is 2.55. The third kappa shape index (κ3) is 7.08. The summed E-state index contributed by atoms with van der Waals surface area (Å²) in [6, 6.07) is 12.9. The number of aromatic nitrogens is 5. The number of hydrogen-bond acceptors (Lipinski definition) is 11. The lowest BCUT2D eigenvalue weighted by Gasteiger charge is -2.32. The van der Waals surface area contributed by atoms with Gasteiger partial charge in [-0.15, -0.1) is 0 Å². The fourth-order valence-corrected chi connectivity index (χ4v) is 6.89. The zero-order valence-electron chi connectivity index (χ0n) is 28.9. The van der Waals surface area contributed by atoms with Gasteiger partial charge in [-0.05, 0) is 55.7 Å². The summed E-state index contributed by atoms with van der Waals surface area (Å²) in [6.07, 6.45) is 4.23. The summed E-state index contributed by atoms with van der Waals surface area (Å²) in [6.45, 7) is 1.70. The lowest BCUT2D eigenvalue weighted by Crippen LogP contribution is -2.39. The first kappa shape index (κ1) is 34.7. The number of nitrogens with one attached hydrogen (secondary N) is 3. The molecule has 3 N–H and O–H groups in total. The number of amides is 3. The zero-order chi connectivity index (χ0) is 36.5. The van der Waals surface area contributed by atoms with Crippen LogP contribution in [0.5, 0.6) is 11.5 Å². The molecule has 5 aromatic rings. The van der Waals surface area contributed by atoms with Gasteiger partial charge >= 0.3 is 0 Å². The first-order valence-electron chi connectivity index (χ1n) is 17.0. The molecule has 270 valence electrons. The number of halogens is 1. The van der Waals surface area contributed by atoms with Gasteiger partial charge in [-0.1, -0.05) is 11.6 Å². The van der Waals surface area contributed by atoms with Gasteiger partial charge in [0, 0.05) is 69.1 Å². The highest BCUT2D eigenvalue weighted by atomic mass is 35.5. The van der Waals surface area contributed by atoms with Crippen LogP contribution in [0.15, 0.2) is 53.5 Å². The Kier molecular flexibility index (Phi) is 9.69. The fourth-order valence-electron chi connectivity index (χ4n) is 6.75. The Morgan fingerprint density at radius 2 is 1.90 bits per heavy atom. The Labute approximate surface area is 303 Å². The highest BCUT2D eigenvalue weighted by Crippen LogP contribution is 2.33. The summed E-state index contributed by atoms with van der Waals surface area (Å²) in [5, 5.41) is 14.7. The Morgan fingerprint density at radius 1 is 1.06 bits per heavy atom. The van der Waals surface area contributed by atoms with E-state index in [9.17, 15) is 19.2 Å². The van der Waals surface area contributed by atoms with Crippen molar-refractivity contribution in [3.63, 3.8) is 0 Å². The molecule has 2 aliphatic heterocycles. The number of carbonyl (C=O) groups excluding carboxylic acids is 3. The number of pyridine rings is 1. The van der Waals surface area contributed by atoms with E-state index in [2.05, 4.69) is 30.9 Å². The monoisotopic (exact) mass is 727 g/mol. The summed E-state index contributed by atoms with van der Waals surface area (Å²) < 4.78 is 15.0. The van der Waals surface area contributed by atoms with Gasteiger partial charge in [0.1, 0.15) is 10.8 Å². The maximum atomic E-state index is 12.8. The van der Waals surface area contributed by atoms with Crippen molar-refractivity contribution in [3.05, 3.63) is 69.7 Å². The zero-order valence-corrected chi connectivity index (χ0v) is 29.7. The first-order valence-corrected chi connectivity index (χ1v) is 17.4. The number of imide groups is 1. The average molecular weight is 728 g/mol. The van der Waals surface area contributed by atoms with Crippen LogP contribution in [-0.2, 0) is 28.5 Å². The number of ether oxygens (including phenoxy) is 2. The van der Waals surface area contributed by atoms with Crippen LogP contribution in [0.25, 0.3) is 21.8 Å². The van der Waals surface area contributed by atoms with Crippen LogP contribution in [0.4, 0.5) is 17.5 Å². The number of rotatable bonds is 10. The molecule has 16 heteroatoms. The van der Waals surface area contributed by atoms with Gasteiger partial charge < -0.3 is 29.6 Å². The van der Waals surface area contributed by atoms with E-state index in [-0.39, 0.29) is 41.6 Å². The number of nitrogens with zero attached hydrogens (tertiary/aromatic N) is 6. The van der Waals surface area contributed by atoms with E-state index >= 15 is 0 Å². The second-order valence-corrected chi connectivity index (χ2v) is 13.5. The highest BCUT2D eigenvalue weighted by molar-refractivity contribution is 6.33. The number of fused-ring (bicyclic) bond motifs is 2. The van der Waals surface area contributed by atoms with E-state index in [4.69, 9.17) is 26.1 Å². The van der Waals surface area contributed by atoms with Gasteiger partial charge in [0.05, 0.1) is 35.4 Å². The Bertz CT molecular complexity index is 2270. The topological polar surface area (TPSA) is 175 Å². The minimum atomic E-state index is -0.466. The first-order chi connectivity index (χ1) is 25.1. The van der Waals surface area contributed by atoms with Crippen LogP contribution in [0, 0.1) is 5.92 Å². The predicted molar refractivity (Wildman–Crippen MR) is 195 cm³/mol. The molecule has 7 rings (SSSR count). The lowest BCUT2D eigenvalue weighted by atomic mass is 9.93. The number of benzene rings is 2. The second kappa shape index (κ2) is 14.5. The number of piperidine rings is 2. The largest absolute Gasteiger partial charge is 0.493 e. The van der Waals surface area contributed by atoms with E-state index in [0.29, 0.717) is 65.4 Å². The standard InChI is InChI=1S/C36H38ClN9O6/c1-38-31(48)19-52-29-14-21-13-22(6-10-27(21)44(2)35(29)50)40-33-26(37)16-39-36(42-33)46-12-4-5-20(17-46)18-51-23-7-8-24-28(15-23)45(3)43-32(24)25-9-11-30(47)41-34(25)49/h6-8,10,13-16,20,25H,4-5,9,11-12,17-19H2,1-3H3,(H,38,48)(H,39,40,42)(H,41,47,49). The predicted octanol–water partition coefficient (Wildman–Crippen LogP) is 3.55. The van der Waals surface area contributed by atoms with Crippen LogP contribution in [0.2, 0.25) is 5.02 Å². The molecule has 2 atom stereocenters. The molecule has 2 aliphatic rings. The molecular weight excluding hydrogens is 690 g/mol. The molecule has 0 aliphatic carbocycles. The van der Waals surface area contributed by atoms with Crippen LogP contribution < -0.4 is 35.9 Å². The number of likely N-dealkylation sites (N-methyl/N-ethyl adjacent to an activating group) is 1. The Hall–Kier alpha value is -5.70. The molecule has 3 amide bonds. The van der Waals surface area contributed by atoms with Crippen LogP contribution in [0.1, 0.15) is 37.3 Å². The minimum Gasteiger partial charge on any atom is -0.493 e. The third-order valence-corrected chi connectivity index (χ3v) is 9.81. The van der Waals surface area contributed by atoms with Crippen molar-refractivity contribution < 1.29 is 23.9 Å². The molecule has 5 heterocycles. The quantitative estimate of drug-likeness (QED) is 0.180. The molecule has 2 fully saturated rings. The average Bonchev–Trinajstić information content (AvgIpc) is 3.47.